The van der Waals surface area contributed by atoms with Gasteiger partial charge in [-0.2, -0.15) is 0 Å². The van der Waals surface area contributed by atoms with Crippen LogP contribution in [0.3, 0.4) is 0 Å². The van der Waals surface area contributed by atoms with Gasteiger partial charge in [0.1, 0.15) is 5.75 Å². The summed E-state index contributed by atoms with van der Waals surface area (Å²) in [6, 6.07) is 5.20. The van der Waals surface area contributed by atoms with Gasteiger partial charge in [-0.25, -0.2) is 8.42 Å². The van der Waals surface area contributed by atoms with Gasteiger partial charge in [0, 0.05) is 5.69 Å². The molecule has 1 N–H and O–H groups in total. The monoisotopic (exact) mass is 243 g/mol. The van der Waals surface area contributed by atoms with Crippen LogP contribution in [0.4, 0.5) is 5.69 Å². The van der Waals surface area contributed by atoms with Gasteiger partial charge in [-0.3, -0.25) is 4.72 Å². The molecule has 4 nitrogen and oxygen atoms in total. The van der Waals surface area contributed by atoms with Crippen LogP contribution in [0.2, 0.25) is 0 Å². The highest BCUT2D eigenvalue weighted by Crippen LogP contribution is 2.22. The first-order chi connectivity index (χ1) is 7.48. The fraction of sp³-hybridized carbons (Fsp3) is 0.455. The topological polar surface area (TPSA) is 55.4 Å². The van der Waals surface area contributed by atoms with Crippen LogP contribution in [0, 0.1) is 6.92 Å². The molecule has 0 atom stereocenters. The van der Waals surface area contributed by atoms with Crippen molar-refractivity contribution in [3.8, 4) is 5.75 Å². The molecular weight excluding hydrogens is 226 g/mol. The van der Waals surface area contributed by atoms with Crippen LogP contribution in [-0.4, -0.2) is 21.3 Å². The number of ether oxygens (including phenoxy) is 1. The molecule has 0 saturated heterocycles. The third-order valence-corrected chi connectivity index (χ3v) is 3.63. The molecule has 0 spiro atoms. The van der Waals surface area contributed by atoms with E-state index >= 15 is 0 Å². The van der Waals surface area contributed by atoms with E-state index in [2.05, 4.69) is 4.72 Å². The number of anilines is 1. The van der Waals surface area contributed by atoms with Crippen molar-refractivity contribution in [1.29, 1.82) is 0 Å². The molecule has 0 bridgehead atoms. The number of sulfonamides is 1. The van der Waals surface area contributed by atoms with Crippen molar-refractivity contribution in [2.75, 3.05) is 17.6 Å². The Morgan fingerprint density at radius 2 is 2.06 bits per heavy atom. The molecule has 0 unspecified atom stereocenters. The molecule has 0 radical (unpaired) electrons. The molecule has 0 saturated carbocycles. The van der Waals surface area contributed by atoms with Crippen LogP contribution < -0.4 is 9.46 Å². The van der Waals surface area contributed by atoms with E-state index in [1.54, 1.807) is 25.3 Å². The van der Waals surface area contributed by atoms with Gasteiger partial charge in [0.2, 0.25) is 10.0 Å². The van der Waals surface area contributed by atoms with Crippen LogP contribution >= 0.6 is 0 Å². The second-order valence-electron chi connectivity index (χ2n) is 3.61. The lowest BCUT2D eigenvalue weighted by Gasteiger charge is -2.09. The maximum atomic E-state index is 11.5. The number of methoxy groups -OCH3 is 1. The number of benzene rings is 1. The van der Waals surface area contributed by atoms with Crippen LogP contribution in [0.15, 0.2) is 18.2 Å². The van der Waals surface area contributed by atoms with Crippen molar-refractivity contribution in [3.05, 3.63) is 23.8 Å². The number of aryl methyl sites for hydroxylation is 1. The van der Waals surface area contributed by atoms with E-state index in [1.807, 2.05) is 13.8 Å². The summed E-state index contributed by atoms with van der Waals surface area (Å²) >= 11 is 0. The van der Waals surface area contributed by atoms with E-state index in [0.717, 1.165) is 11.3 Å². The quantitative estimate of drug-likeness (QED) is 0.862. The Bertz CT molecular complexity index is 454. The first kappa shape index (κ1) is 12.8. The predicted molar refractivity (Wildman–Crippen MR) is 65.4 cm³/mol. The van der Waals surface area contributed by atoms with E-state index in [1.165, 1.54) is 0 Å². The van der Waals surface area contributed by atoms with Gasteiger partial charge >= 0.3 is 0 Å². The highest BCUT2D eigenvalue weighted by Gasteiger charge is 2.09. The first-order valence-electron chi connectivity index (χ1n) is 5.13. The van der Waals surface area contributed by atoms with Crippen LogP contribution in [0.5, 0.6) is 5.75 Å². The van der Waals surface area contributed by atoms with E-state index in [-0.39, 0.29) is 5.75 Å². The van der Waals surface area contributed by atoms with E-state index in [0.29, 0.717) is 12.1 Å². The minimum absolute atomic E-state index is 0.137. The Morgan fingerprint density at radius 3 is 2.56 bits per heavy atom. The molecule has 0 aliphatic heterocycles. The molecule has 1 aromatic carbocycles. The van der Waals surface area contributed by atoms with E-state index in [4.69, 9.17) is 4.74 Å². The number of rotatable bonds is 5. The van der Waals surface area contributed by atoms with Crippen molar-refractivity contribution < 1.29 is 13.2 Å². The van der Waals surface area contributed by atoms with Crippen LogP contribution in [-0.2, 0) is 10.0 Å². The van der Waals surface area contributed by atoms with Crippen molar-refractivity contribution >= 4 is 15.7 Å². The Morgan fingerprint density at radius 1 is 1.38 bits per heavy atom. The molecule has 1 rings (SSSR count). The SMILES string of the molecule is CCCS(=O)(=O)Nc1ccc(OC)c(C)c1. The molecule has 1 aromatic rings. The van der Waals surface area contributed by atoms with Crippen molar-refractivity contribution in [3.63, 3.8) is 0 Å². The minimum atomic E-state index is -3.21. The molecule has 5 heteroatoms. The van der Waals surface area contributed by atoms with Gasteiger partial charge in [-0.15, -0.1) is 0 Å². The molecule has 16 heavy (non-hydrogen) atoms. The predicted octanol–water partition coefficient (Wildman–Crippen LogP) is 2.16. The van der Waals surface area contributed by atoms with Crippen molar-refractivity contribution in [1.82, 2.24) is 0 Å². The fourth-order valence-electron chi connectivity index (χ4n) is 1.44. The Balaban J connectivity index is 2.87. The van der Waals surface area contributed by atoms with Crippen molar-refractivity contribution in [2.24, 2.45) is 0 Å². The smallest absolute Gasteiger partial charge is 0.232 e. The average molecular weight is 243 g/mol. The highest BCUT2D eigenvalue weighted by molar-refractivity contribution is 7.92. The zero-order valence-corrected chi connectivity index (χ0v) is 10.6. The Hall–Kier alpha value is -1.23. The standard InChI is InChI=1S/C11H17NO3S/c1-4-7-16(13,14)12-10-5-6-11(15-3)9(2)8-10/h5-6,8,12H,4,7H2,1-3H3. The molecule has 0 aliphatic rings. The van der Waals surface area contributed by atoms with Gasteiger partial charge < -0.3 is 4.74 Å². The summed E-state index contributed by atoms with van der Waals surface area (Å²) in [4.78, 5) is 0. The molecule has 0 fully saturated rings. The third-order valence-electron chi connectivity index (χ3n) is 2.14. The van der Waals surface area contributed by atoms with Crippen molar-refractivity contribution in [2.45, 2.75) is 20.3 Å². The zero-order chi connectivity index (χ0) is 12.2. The summed E-state index contributed by atoms with van der Waals surface area (Å²) in [5.41, 5.74) is 1.48. The van der Waals surface area contributed by atoms with Gasteiger partial charge in [0.15, 0.2) is 0 Å². The third kappa shape index (κ3) is 3.41. The second-order valence-corrected chi connectivity index (χ2v) is 5.45. The second kappa shape index (κ2) is 5.21. The number of hydrogen-bond donors (Lipinski definition) is 1. The van der Waals surface area contributed by atoms with Gasteiger partial charge in [0.05, 0.1) is 12.9 Å². The summed E-state index contributed by atoms with van der Waals surface area (Å²) in [6.07, 6.45) is 0.602. The zero-order valence-electron chi connectivity index (χ0n) is 9.78. The molecule has 0 aromatic heterocycles. The largest absolute Gasteiger partial charge is 0.496 e. The lowest BCUT2D eigenvalue weighted by Crippen LogP contribution is -2.16. The lowest BCUT2D eigenvalue weighted by atomic mass is 10.2. The normalized spacial score (nSPS) is 11.2. The van der Waals surface area contributed by atoms with Gasteiger partial charge in [0.25, 0.3) is 0 Å². The summed E-state index contributed by atoms with van der Waals surface area (Å²) in [5, 5.41) is 0. The van der Waals surface area contributed by atoms with E-state index < -0.39 is 10.0 Å². The lowest BCUT2D eigenvalue weighted by molar-refractivity contribution is 0.412. The summed E-state index contributed by atoms with van der Waals surface area (Å²) in [7, 11) is -1.63. The van der Waals surface area contributed by atoms with Gasteiger partial charge in [-0.05, 0) is 37.1 Å². The van der Waals surface area contributed by atoms with Crippen LogP contribution in [0.25, 0.3) is 0 Å². The fourth-order valence-corrected chi connectivity index (χ4v) is 2.57. The number of hydrogen-bond acceptors (Lipinski definition) is 3. The molecule has 90 valence electrons. The number of nitrogens with one attached hydrogen (secondary N) is 1. The minimum Gasteiger partial charge on any atom is -0.496 e. The molecule has 0 heterocycles. The van der Waals surface area contributed by atoms with Crippen LogP contribution in [0.1, 0.15) is 18.9 Å². The van der Waals surface area contributed by atoms with Gasteiger partial charge in [-0.1, -0.05) is 6.92 Å². The molecule has 0 aliphatic carbocycles. The maximum Gasteiger partial charge on any atom is 0.232 e. The molecular formula is C11H17NO3S. The summed E-state index contributed by atoms with van der Waals surface area (Å²) in [6.45, 7) is 3.70. The summed E-state index contributed by atoms with van der Waals surface area (Å²) < 4.78 is 30.7. The summed E-state index contributed by atoms with van der Waals surface area (Å²) in [5.74, 6) is 0.886. The Labute approximate surface area is 96.7 Å². The van der Waals surface area contributed by atoms with E-state index in [9.17, 15) is 8.42 Å². The Kier molecular flexibility index (Phi) is 4.18. The average Bonchev–Trinajstić information content (AvgIpc) is 2.17. The first-order valence-corrected chi connectivity index (χ1v) is 6.79. The maximum absolute atomic E-state index is 11.5. The molecule has 0 amide bonds. The highest BCUT2D eigenvalue weighted by atomic mass is 32.2.